The normalized spacial score (nSPS) is 13.0. The summed E-state index contributed by atoms with van der Waals surface area (Å²) in [7, 11) is 0. The summed E-state index contributed by atoms with van der Waals surface area (Å²) >= 11 is 0. The third-order valence-electron chi connectivity index (χ3n) is 12.7. The molecule has 420 valence electrons. The van der Waals surface area contributed by atoms with Crippen LogP contribution in [0, 0.1) is 0 Å². The first-order chi connectivity index (χ1) is 36.5. The van der Waals surface area contributed by atoms with Crippen molar-refractivity contribution in [3.63, 3.8) is 0 Å². The van der Waals surface area contributed by atoms with Crippen molar-refractivity contribution >= 4 is 17.9 Å². The number of allylic oxidation sites excluding steroid dienone is 20. The molecule has 0 saturated heterocycles. The minimum atomic E-state index is -0.791. The number of ether oxygens (including phenoxy) is 3. The van der Waals surface area contributed by atoms with Gasteiger partial charge in [0.05, 0.1) is 0 Å². The van der Waals surface area contributed by atoms with Crippen LogP contribution in [0.4, 0.5) is 0 Å². The first-order valence-corrected chi connectivity index (χ1v) is 30.5. The lowest BCUT2D eigenvalue weighted by Crippen LogP contribution is -2.30. The predicted octanol–water partition coefficient (Wildman–Crippen LogP) is 20.8. The molecule has 0 amide bonds. The summed E-state index contributed by atoms with van der Waals surface area (Å²) in [5.74, 6) is -0.918. The fourth-order valence-electron chi connectivity index (χ4n) is 8.20. The van der Waals surface area contributed by atoms with Gasteiger partial charge in [-0.3, -0.25) is 14.4 Å². The SMILES string of the molecule is CC/C=C\C/C=C\C/C=C\C/C=C\C/C=C\C/C=C\CCCCCCCCCCCCCCC(=O)OCC(COC(=O)CCCCCCCCCC)OC(=O)CCCCCC/C=C\C/C=C\C/C=C\C/C=C\CC. The van der Waals surface area contributed by atoms with Gasteiger partial charge in [0.1, 0.15) is 13.2 Å². The van der Waals surface area contributed by atoms with Crippen LogP contribution in [0.15, 0.2) is 122 Å². The fourth-order valence-corrected chi connectivity index (χ4v) is 8.20. The van der Waals surface area contributed by atoms with Crippen LogP contribution in [0.5, 0.6) is 0 Å². The maximum absolute atomic E-state index is 12.8. The number of hydrogen-bond acceptors (Lipinski definition) is 6. The Bertz CT molecular complexity index is 1550. The zero-order chi connectivity index (χ0) is 53.6. The number of esters is 3. The monoisotopic (exact) mass is 1020 g/mol. The van der Waals surface area contributed by atoms with E-state index in [2.05, 4.69) is 142 Å². The maximum Gasteiger partial charge on any atom is 0.306 e. The van der Waals surface area contributed by atoms with Crippen molar-refractivity contribution in [3.05, 3.63) is 122 Å². The molecule has 0 aromatic rings. The molecule has 0 saturated carbocycles. The van der Waals surface area contributed by atoms with Gasteiger partial charge in [-0.05, 0) is 109 Å². The van der Waals surface area contributed by atoms with Gasteiger partial charge in [-0.1, -0.05) is 264 Å². The van der Waals surface area contributed by atoms with E-state index in [0.29, 0.717) is 19.3 Å². The number of unbranched alkanes of at least 4 members (excludes halogenated alkanes) is 23. The summed E-state index contributed by atoms with van der Waals surface area (Å²) in [5, 5.41) is 0. The Kier molecular flexibility index (Phi) is 57.9. The van der Waals surface area contributed by atoms with Crippen LogP contribution in [0.2, 0.25) is 0 Å². The molecule has 1 unspecified atom stereocenters. The Morgan fingerprint density at radius 1 is 0.284 bits per heavy atom. The second kappa shape index (κ2) is 61.4. The highest BCUT2D eigenvalue weighted by Crippen LogP contribution is 2.15. The van der Waals surface area contributed by atoms with Gasteiger partial charge in [-0.2, -0.15) is 0 Å². The number of carbonyl (C=O) groups excluding carboxylic acids is 3. The zero-order valence-electron chi connectivity index (χ0n) is 48.1. The molecule has 0 heterocycles. The zero-order valence-corrected chi connectivity index (χ0v) is 48.1. The van der Waals surface area contributed by atoms with Crippen LogP contribution in [-0.2, 0) is 28.6 Å². The van der Waals surface area contributed by atoms with E-state index >= 15 is 0 Å². The van der Waals surface area contributed by atoms with E-state index < -0.39 is 6.10 Å². The topological polar surface area (TPSA) is 78.9 Å². The van der Waals surface area contributed by atoms with E-state index in [0.717, 1.165) is 135 Å². The quantitative estimate of drug-likeness (QED) is 0.0261. The molecule has 74 heavy (non-hydrogen) atoms. The molecular weight excluding hydrogens is 913 g/mol. The van der Waals surface area contributed by atoms with Gasteiger partial charge in [0.25, 0.3) is 0 Å². The van der Waals surface area contributed by atoms with E-state index in [1.165, 1.54) is 96.3 Å². The molecule has 6 heteroatoms. The van der Waals surface area contributed by atoms with Crippen LogP contribution in [0.3, 0.4) is 0 Å². The predicted molar refractivity (Wildman–Crippen MR) is 320 cm³/mol. The van der Waals surface area contributed by atoms with Gasteiger partial charge in [-0.15, -0.1) is 0 Å². The van der Waals surface area contributed by atoms with Gasteiger partial charge in [0.2, 0.25) is 0 Å². The van der Waals surface area contributed by atoms with E-state index in [4.69, 9.17) is 14.2 Å². The van der Waals surface area contributed by atoms with Crippen molar-refractivity contribution in [2.45, 2.75) is 277 Å². The molecule has 0 fully saturated rings. The lowest BCUT2D eigenvalue weighted by Gasteiger charge is -2.18. The molecular formula is C68H112O6. The summed E-state index contributed by atoms with van der Waals surface area (Å²) in [6.45, 7) is 6.36. The highest BCUT2D eigenvalue weighted by atomic mass is 16.6. The van der Waals surface area contributed by atoms with Crippen LogP contribution in [0.25, 0.3) is 0 Å². The van der Waals surface area contributed by atoms with Crippen molar-refractivity contribution in [3.8, 4) is 0 Å². The van der Waals surface area contributed by atoms with Crippen LogP contribution in [-0.4, -0.2) is 37.2 Å². The molecule has 0 rings (SSSR count). The first-order valence-electron chi connectivity index (χ1n) is 30.5. The van der Waals surface area contributed by atoms with Crippen LogP contribution in [0.1, 0.15) is 271 Å². The lowest BCUT2D eigenvalue weighted by molar-refractivity contribution is -0.167. The second-order valence-electron chi connectivity index (χ2n) is 19.9. The van der Waals surface area contributed by atoms with Gasteiger partial charge >= 0.3 is 17.9 Å². The Morgan fingerprint density at radius 2 is 0.527 bits per heavy atom. The average Bonchev–Trinajstić information content (AvgIpc) is 3.40. The molecule has 0 bridgehead atoms. The molecule has 0 aromatic heterocycles. The molecule has 6 nitrogen and oxygen atoms in total. The van der Waals surface area contributed by atoms with Crippen LogP contribution >= 0.6 is 0 Å². The highest BCUT2D eigenvalue weighted by molar-refractivity contribution is 5.71. The minimum Gasteiger partial charge on any atom is -0.462 e. The Labute approximate surface area is 456 Å². The fraction of sp³-hybridized carbons (Fsp3) is 0.662. The lowest BCUT2D eigenvalue weighted by atomic mass is 10.0. The Hall–Kier alpha value is -4.19. The second-order valence-corrected chi connectivity index (χ2v) is 19.9. The molecule has 0 aliphatic rings. The summed E-state index contributed by atoms with van der Waals surface area (Å²) in [6, 6.07) is 0. The summed E-state index contributed by atoms with van der Waals surface area (Å²) < 4.78 is 16.8. The number of hydrogen-bond donors (Lipinski definition) is 0. The first kappa shape index (κ1) is 69.8. The minimum absolute atomic E-state index is 0.0885. The van der Waals surface area contributed by atoms with E-state index in [1.54, 1.807) is 0 Å². The van der Waals surface area contributed by atoms with Crippen molar-refractivity contribution in [1.82, 2.24) is 0 Å². The van der Waals surface area contributed by atoms with Gasteiger partial charge < -0.3 is 14.2 Å². The molecule has 0 radical (unpaired) electrons. The summed E-state index contributed by atoms with van der Waals surface area (Å²) in [5.41, 5.74) is 0. The number of carbonyl (C=O) groups is 3. The van der Waals surface area contributed by atoms with Crippen LogP contribution < -0.4 is 0 Å². The molecule has 0 N–H and O–H groups in total. The maximum atomic E-state index is 12.8. The third-order valence-corrected chi connectivity index (χ3v) is 12.7. The standard InChI is InChI=1S/C68H112O6/c1-4-7-10-13-16-19-21-23-25-27-28-29-30-31-32-33-34-35-36-37-38-39-40-42-43-45-47-49-52-55-58-61-67(70)73-64-65(63-72-66(69)60-57-54-51-18-15-12-9-6-3)74-68(71)62-59-56-53-50-48-46-44-41-26-24-22-20-17-14-11-8-5-2/h7-8,10-11,16-17,19-20,23-26,28-29,31-32,34-35,44,46,65H,4-6,9,12-15,18,21-22,27,30,33,36-43,45,47-64H2,1-3H3/b10-7-,11-8-,19-16-,20-17-,25-23-,26-24-,29-28-,32-31-,35-34-,46-44-. The smallest absolute Gasteiger partial charge is 0.306 e. The van der Waals surface area contributed by atoms with E-state index in [1.807, 2.05) is 0 Å². The highest BCUT2D eigenvalue weighted by Gasteiger charge is 2.19. The molecule has 0 aliphatic heterocycles. The average molecular weight is 1030 g/mol. The van der Waals surface area contributed by atoms with E-state index in [-0.39, 0.29) is 31.1 Å². The van der Waals surface area contributed by atoms with Crippen molar-refractivity contribution in [2.75, 3.05) is 13.2 Å². The van der Waals surface area contributed by atoms with Gasteiger partial charge in [0, 0.05) is 19.3 Å². The molecule has 0 aliphatic carbocycles. The van der Waals surface area contributed by atoms with Crippen molar-refractivity contribution in [1.29, 1.82) is 0 Å². The Morgan fingerprint density at radius 3 is 0.824 bits per heavy atom. The van der Waals surface area contributed by atoms with Gasteiger partial charge in [-0.25, -0.2) is 0 Å². The molecule has 1 atom stereocenters. The van der Waals surface area contributed by atoms with Crippen molar-refractivity contribution < 1.29 is 28.6 Å². The molecule has 0 spiro atoms. The summed E-state index contributed by atoms with van der Waals surface area (Å²) in [4.78, 5) is 38.0. The molecule has 0 aromatic carbocycles. The third kappa shape index (κ3) is 58.7. The largest absolute Gasteiger partial charge is 0.462 e. The van der Waals surface area contributed by atoms with Crippen molar-refractivity contribution in [2.24, 2.45) is 0 Å². The van der Waals surface area contributed by atoms with E-state index in [9.17, 15) is 14.4 Å². The Balaban J connectivity index is 4.18. The summed E-state index contributed by atoms with van der Waals surface area (Å²) in [6.07, 6.45) is 85.0. The van der Waals surface area contributed by atoms with Gasteiger partial charge in [0.15, 0.2) is 6.10 Å². The number of rotatable bonds is 54.